The molecule has 0 bridgehead atoms. The highest BCUT2D eigenvalue weighted by Crippen LogP contribution is 2.18. The second kappa shape index (κ2) is 6.00. The molecule has 18 heavy (non-hydrogen) atoms. The van der Waals surface area contributed by atoms with Crippen LogP contribution in [-0.2, 0) is 11.2 Å². The molecule has 0 amide bonds. The summed E-state index contributed by atoms with van der Waals surface area (Å²) in [4.78, 5) is 11.5. The van der Waals surface area contributed by atoms with Crippen LogP contribution in [0.1, 0.15) is 21.5 Å². The van der Waals surface area contributed by atoms with Gasteiger partial charge in [0, 0.05) is 3.57 Å². The highest BCUT2D eigenvalue weighted by Gasteiger charge is 2.08. The van der Waals surface area contributed by atoms with Crippen molar-refractivity contribution in [2.45, 2.75) is 6.42 Å². The Balaban J connectivity index is 2.30. The lowest BCUT2D eigenvalue weighted by Gasteiger charge is -2.07. The number of methoxy groups -OCH3 is 1. The van der Waals surface area contributed by atoms with Crippen molar-refractivity contribution in [2.24, 2.45) is 0 Å². The molecule has 2 rings (SSSR count). The van der Waals surface area contributed by atoms with E-state index in [1.165, 1.54) is 12.7 Å². The summed E-state index contributed by atoms with van der Waals surface area (Å²) >= 11 is 2.29. The van der Waals surface area contributed by atoms with E-state index in [1.54, 1.807) is 6.07 Å². The Kier molecular flexibility index (Phi) is 4.36. The third kappa shape index (κ3) is 3.10. The standard InChI is InChI=1S/C15H13IO2/c1-18-15(17)12-7-8-14(16)13(10-12)9-11-5-3-2-4-6-11/h2-8,10H,9H2,1H3. The molecule has 0 unspecified atom stereocenters. The molecule has 0 radical (unpaired) electrons. The van der Waals surface area contributed by atoms with E-state index >= 15 is 0 Å². The topological polar surface area (TPSA) is 26.3 Å². The molecule has 0 aromatic heterocycles. The van der Waals surface area contributed by atoms with Crippen molar-refractivity contribution in [1.82, 2.24) is 0 Å². The summed E-state index contributed by atoms with van der Waals surface area (Å²) in [5.41, 5.74) is 2.98. The van der Waals surface area contributed by atoms with Crippen LogP contribution in [0.4, 0.5) is 0 Å². The predicted molar refractivity (Wildman–Crippen MR) is 79.7 cm³/mol. The number of hydrogen-bond acceptors (Lipinski definition) is 2. The second-order valence-electron chi connectivity index (χ2n) is 3.96. The van der Waals surface area contributed by atoms with E-state index in [4.69, 9.17) is 4.74 Å². The van der Waals surface area contributed by atoms with Crippen molar-refractivity contribution in [2.75, 3.05) is 7.11 Å². The fraction of sp³-hybridized carbons (Fsp3) is 0.133. The van der Waals surface area contributed by atoms with Crippen LogP contribution in [0, 0.1) is 3.57 Å². The Bertz CT molecular complexity index is 550. The molecule has 2 aromatic carbocycles. The van der Waals surface area contributed by atoms with Gasteiger partial charge in [-0.15, -0.1) is 0 Å². The molecule has 0 N–H and O–H groups in total. The molecular weight excluding hydrogens is 339 g/mol. The maximum atomic E-state index is 11.5. The van der Waals surface area contributed by atoms with E-state index in [2.05, 4.69) is 34.7 Å². The lowest BCUT2D eigenvalue weighted by molar-refractivity contribution is 0.0600. The number of hydrogen-bond donors (Lipinski definition) is 0. The van der Waals surface area contributed by atoms with Gasteiger partial charge in [0.25, 0.3) is 0 Å². The zero-order valence-electron chi connectivity index (χ0n) is 10.0. The number of ether oxygens (including phenoxy) is 1. The Morgan fingerprint density at radius 1 is 1.17 bits per heavy atom. The average Bonchev–Trinajstić information content (AvgIpc) is 2.41. The van der Waals surface area contributed by atoms with Crippen molar-refractivity contribution < 1.29 is 9.53 Å². The van der Waals surface area contributed by atoms with Crippen LogP contribution in [0.15, 0.2) is 48.5 Å². The normalized spacial score (nSPS) is 10.1. The van der Waals surface area contributed by atoms with Crippen LogP contribution in [-0.4, -0.2) is 13.1 Å². The molecular formula is C15H13IO2. The first kappa shape index (κ1) is 13.1. The average molecular weight is 352 g/mol. The smallest absolute Gasteiger partial charge is 0.337 e. The van der Waals surface area contributed by atoms with Crippen molar-refractivity contribution in [3.05, 3.63) is 68.8 Å². The largest absolute Gasteiger partial charge is 0.465 e. The molecule has 0 aliphatic rings. The number of carbonyl (C=O) groups excluding carboxylic acids is 1. The first-order valence-electron chi connectivity index (χ1n) is 5.61. The summed E-state index contributed by atoms with van der Waals surface area (Å²) in [6.07, 6.45) is 0.823. The summed E-state index contributed by atoms with van der Waals surface area (Å²) in [6, 6.07) is 15.9. The molecule has 0 atom stereocenters. The number of halogens is 1. The van der Waals surface area contributed by atoms with Gasteiger partial charge in [0.2, 0.25) is 0 Å². The zero-order chi connectivity index (χ0) is 13.0. The van der Waals surface area contributed by atoms with Crippen LogP contribution in [0.25, 0.3) is 0 Å². The van der Waals surface area contributed by atoms with Crippen molar-refractivity contribution in [1.29, 1.82) is 0 Å². The number of esters is 1. The molecule has 0 saturated carbocycles. The monoisotopic (exact) mass is 352 g/mol. The van der Waals surface area contributed by atoms with Crippen LogP contribution in [0.2, 0.25) is 0 Å². The lowest BCUT2D eigenvalue weighted by Crippen LogP contribution is -2.03. The molecule has 0 aliphatic heterocycles. The van der Waals surface area contributed by atoms with Crippen molar-refractivity contribution in [3.63, 3.8) is 0 Å². The first-order chi connectivity index (χ1) is 8.70. The van der Waals surface area contributed by atoms with Gasteiger partial charge in [-0.25, -0.2) is 4.79 Å². The van der Waals surface area contributed by atoms with E-state index in [1.807, 2.05) is 30.3 Å². The van der Waals surface area contributed by atoms with Gasteiger partial charge in [-0.2, -0.15) is 0 Å². The van der Waals surface area contributed by atoms with Gasteiger partial charge >= 0.3 is 5.97 Å². The van der Waals surface area contributed by atoms with Gasteiger partial charge < -0.3 is 4.74 Å². The van der Waals surface area contributed by atoms with E-state index in [0.29, 0.717) is 5.56 Å². The summed E-state index contributed by atoms with van der Waals surface area (Å²) in [5, 5.41) is 0. The van der Waals surface area contributed by atoms with Crippen LogP contribution in [0.5, 0.6) is 0 Å². The van der Waals surface area contributed by atoms with Gasteiger partial charge in [0.15, 0.2) is 0 Å². The Labute approximate surface area is 120 Å². The minimum absolute atomic E-state index is 0.291. The van der Waals surface area contributed by atoms with Gasteiger partial charge in [-0.05, 0) is 58.3 Å². The van der Waals surface area contributed by atoms with E-state index in [-0.39, 0.29) is 5.97 Å². The number of carbonyl (C=O) groups is 1. The Morgan fingerprint density at radius 2 is 1.89 bits per heavy atom. The van der Waals surface area contributed by atoms with Gasteiger partial charge in [0.05, 0.1) is 12.7 Å². The summed E-state index contributed by atoms with van der Waals surface area (Å²) in [6.45, 7) is 0. The fourth-order valence-electron chi connectivity index (χ4n) is 1.77. The first-order valence-corrected chi connectivity index (χ1v) is 6.69. The third-order valence-electron chi connectivity index (χ3n) is 2.70. The summed E-state index contributed by atoms with van der Waals surface area (Å²) < 4.78 is 5.90. The van der Waals surface area contributed by atoms with Gasteiger partial charge in [0.1, 0.15) is 0 Å². The summed E-state index contributed by atoms with van der Waals surface area (Å²) in [5.74, 6) is -0.291. The molecule has 0 saturated heterocycles. The molecule has 0 aliphatic carbocycles. The maximum Gasteiger partial charge on any atom is 0.337 e. The quantitative estimate of drug-likeness (QED) is 0.623. The molecule has 3 heteroatoms. The highest BCUT2D eigenvalue weighted by atomic mass is 127. The number of rotatable bonds is 3. The van der Waals surface area contributed by atoms with E-state index < -0.39 is 0 Å². The van der Waals surface area contributed by atoms with Crippen molar-refractivity contribution >= 4 is 28.6 Å². The third-order valence-corrected chi connectivity index (χ3v) is 3.76. The van der Waals surface area contributed by atoms with Crippen LogP contribution < -0.4 is 0 Å². The van der Waals surface area contributed by atoms with E-state index in [9.17, 15) is 4.79 Å². The number of benzene rings is 2. The highest BCUT2D eigenvalue weighted by molar-refractivity contribution is 14.1. The maximum absolute atomic E-state index is 11.5. The lowest BCUT2D eigenvalue weighted by atomic mass is 10.0. The molecule has 0 fully saturated rings. The van der Waals surface area contributed by atoms with Crippen LogP contribution in [0.3, 0.4) is 0 Å². The summed E-state index contributed by atoms with van der Waals surface area (Å²) in [7, 11) is 1.40. The molecule has 2 aromatic rings. The van der Waals surface area contributed by atoms with E-state index in [0.717, 1.165) is 15.6 Å². The van der Waals surface area contributed by atoms with Gasteiger partial charge in [-0.1, -0.05) is 30.3 Å². The van der Waals surface area contributed by atoms with Crippen LogP contribution >= 0.6 is 22.6 Å². The fourth-order valence-corrected chi connectivity index (χ4v) is 2.30. The molecule has 2 nitrogen and oxygen atoms in total. The second-order valence-corrected chi connectivity index (χ2v) is 5.12. The zero-order valence-corrected chi connectivity index (χ0v) is 12.2. The molecule has 92 valence electrons. The predicted octanol–water partition coefficient (Wildman–Crippen LogP) is 3.67. The minimum Gasteiger partial charge on any atom is -0.465 e. The van der Waals surface area contributed by atoms with Gasteiger partial charge in [-0.3, -0.25) is 0 Å². The SMILES string of the molecule is COC(=O)c1ccc(I)c(Cc2ccccc2)c1. The minimum atomic E-state index is -0.291. The van der Waals surface area contributed by atoms with Crippen molar-refractivity contribution in [3.8, 4) is 0 Å². The molecule has 0 spiro atoms. The molecule has 0 heterocycles. The Hall–Kier alpha value is -1.36. The Morgan fingerprint density at radius 3 is 2.56 bits per heavy atom.